The third kappa shape index (κ3) is 3.71. The van der Waals surface area contributed by atoms with Gasteiger partial charge in [0.25, 0.3) is 0 Å². The molecule has 22 heavy (non-hydrogen) atoms. The molecule has 0 N–H and O–H groups in total. The number of methoxy groups -OCH3 is 1. The molecule has 1 aliphatic rings. The molecular weight excluding hydrogens is 304 g/mol. The van der Waals surface area contributed by atoms with Crippen LogP contribution in [0, 0.1) is 6.92 Å². The summed E-state index contributed by atoms with van der Waals surface area (Å²) < 4.78 is 5.17. The Bertz CT molecular complexity index is 581. The van der Waals surface area contributed by atoms with Gasteiger partial charge in [-0.2, -0.15) is 0 Å². The zero-order valence-corrected chi connectivity index (χ0v) is 13.9. The van der Waals surface area contributed by atoms with Gasteiger partial charge in [0.05, 0.1) is 18.6 Å². The second-order valence-corrected chi connectivity index (χ2v) is 5.88. The molecule has 1 saturated heterocycles. The number of halogens is 1. The van der Waals surface area contributed by atoms with Crippen molar-refractivity contribution in [2.75, 3.05) is 33.3 Å². The summed E-state index contributed by atoms with van der Waals surface area (Å²) in [5.41, 5.74) is 1.89. The molecule has 5 nitrogen and oxygen atoms in total. The second kappa shape index (κ2) is 7.01. The Kier molecular flexibility index (Phi) is 5.29. The molecule has 0 radical (unpaired) electrons. The number of ether oxygens (including phenoxy) is 1. The Balaban J connectivity index is 2.01. The average Bonchev–Trinajstić information content (AvgIpc) is 2.50. The van der Waals surface area contributed by atoms with Crippen LogP contribution in [0.3, 0.4) is 0 Å². The lowest BCUT2D eigenvalue weighted by Crippen LogP contribution is -2.50. The fourth-order valence-corrected chi connectivity index (χ4v) is 2.85. The zero-order valence-electron chi connectivity index (χ0n) is 13.2. The Hall–Kier alpha value is -1.75. The molecule has 0 aromatic heterocycles. The number of rotatable bonds is 3. The number of piperazine rings is 1. The molecule has 2 rings (SSSR count). The molecule has 0 saturated carbocycles. The monoisotopic (exact) mass is 324 g/mol. The minimum atomic E-state index is 0.0601. The summed E-state index contributed by atoms with van der Waals surface area (Å²) in [6.45, 7) is 5.87. The van der Waals surface area contributed by atoms with Crippen molar-refractivity contribution < 1.29 is 14.3 Å². The predicted molar refractivity (Wildman–Crippen MR) is 85.3 cm³/mol. The minimum absolute atomic E-state index is 0.0601. The van der Waals surface area contributed by atoms with Crippen molar-refractivity contribution in [1.29, 1.82) is 0 Å². The summed E-state index contributed by atoms with van der Waals surface area (Å²) in [6, 6.07) is 3.64. The average molecular weight is 325 g/mol. The SMILES string of the molecule is COc1cc(C)c(CC(=O)N2CCN(C(C)=O)CC2)cc1Cl. The van der Waals surface area contributed by atoms with Gasteiger partial charge in [-0.05, 0) is 30.2 Å². The van der Waals surface area contributed by atoms with Gasteiger partial charge in [0.2, 0.25) is 11.8 Å². The van der Waals surface area contributed by atoms with Crippen LogP contribution < -0.4 is 4.74 Å². The smallest absolute Gasteiger partial charge is 0.227 e. The van der Waals surface area contributed by atoms with E-state index in [1.165, 1.54) is 0 Å². The topological polar surface area (TPSA) is 49.9 Å². The number of aryl methyl sites for hydroxylation is 1. The molecule has 1 aromatic rings. The molecule has 0 spiro atoms. The molecule has 120 valence electrons. The standard InChI is InChI=1S/C16H21ClN2O3/c1-11-8-15(22-3)14(17)9-13(11)10-16(21)19-6-4-18(5-7-19)12(2)20/h8-9H,4-7,10H2,1-3H3. The maximum absolute atomic E-state index is 12.4. The largest absolute Gasteiger partial charge is 0.495 e. The lowest BCUT2D eigenvalue weighted by atomic mass is 10.0. The summed E-state index contributed by atoms with van der Waals surface area (Å²) in [7, 11) is 1.57. The first-order valence-corrected chi connectivity index (χ1v) is 7.66. The minimum Gasteiger partial charge on any atom is -0.495 e. The number of hydrogen-bond acceptors (Lipinski definition) is 3. The second-order valence-electron chi connectivity index (χ2n) is 5.48. The van der Waals surface area contributed by atoms with Gasteiger partial charge in [-0.15, -0.1) is 0 Å². The van der Waals surface area contributed by atoms with E-state index in [4.69, 9.17) is 16.3 Å². The van der Waals surface area contributed by atoms with Gasteiger partial charge in [-0.3, -0.25) is 9.59 Å². The highest BCUT2D eigenvalue weighted by atomic mass is 35.5. The van der Waals surface area contributed by atoms with E-state index in [0.29, 0.717) is 43.4 Å². The van der Waals surface area contributed by atoms with E-state index < -0.39 is 0 Å². The van der Waals surface area contributed by atoms with Crippen LogP contribution in [0.15, 0.2) is 12.1 Å². The van der Waals surface area contributed by atoms with E-state index in [1.54, 1.807) is 29.9 Å². The molecule has 6 heteroatoms. The number of hydrogen-bond donors (Lipinski definition) is 0. The molecule has 0 bridgehead atoms. The number of amides is 2. The maximum atomic E-state index is 12.4. The van der Waals surface area contributed by atoms with E-state index >= 15 is 0 Å². The van der Waals surface area contributed by atoms with Crippen LogP contribution in [0.25, 0.3) is 0 Å². The van der Waals surface area contributed by atoms with Crippen LogP contribution in [0.5, 0.6) is 5.75 Å². The first kappa shape index (κ1) is 16.6. The highest BCUT2D eigenvalue weighted by Crippen LogP contribution is 2.28. The highest BCUT2D eigenvalue weighted by molar-refractivity contribution is 6.32. The van der Waals surface area contributed by atoms with E-state index in [0.717, 1.165) is 11.1 Å². The van der Waals surface area contributed by atoms with Crippen molar-refractivity contribution in [2.45, 2.75) is 20.3 Å². The van der Waals surface area contributed by atoms with Crippen LogP contribution in [0.4, 0.5) is 0 Å². The van der Waals surface area contributed by atoms with E-state index in [2.05, 4.69) is 0 Å². The molecule has 1 heterocycles. The number of carbonyl (C=O) groups excluding carboxylic acids is 2. The van der Waals surface area contributed by atoms with Crippen LogP contribution in [-0.4, -0.2) is 54.9 Å². The predicted octanol–water partition coefficient (Wildman–Crippen LogP) is 1.89. The van der Waals surface area contributed by atoms with Gasteiger partial charge in [0, 0.05) is 33.1 Å². The van der Waals surface area contributed by atoms with Crippen LogP contribution in [0.2, 0.25) is 5.02 Å². The lowest BCUT2D eigenvalue weighted by molar-refractivity contribution is -0.138. The Morgan fingerprint density at radius 2 is 1.77 bits per heavy atom. The van der Waals surface area contributed by atoms with Crippen molar-refractivity contribution >= 4 is 23.4 Å². The van der Waals surface area contributed by atoms with Gasteiger partial charge in [-0.1, -0.05) is 11.6 Å². The van der Waals surface area contributed by atoms with Gasteiger partial charge < -0.3 is 14.5 Å². The Morgan fingerprint density at radius 3 is 2.32 bits per heavy atom. The first-order valence-electron chi connectivity index (χ1n) is 7.28. The summed E-state index contributed by atoms with van der Waals surface area (Å²) >= 11 is 6.13. The van der Waals surface area contributed by atoms with Gasteiger partial charge >= 0.3 is 0 Å². The van der Waals surface area contributed by atoms with E-state index in [9.17, 15) is 9.59 Å². The fourth-order valence-electron chi connectivity index (χ4n) is 2.59. The summed E-state index contributed by atoms with van der Waals surface area (Å²) in [5.74, 6) is 0.739. The molecular formula is C16H21ClN2O3. The van der Waals surface area contributed by atoms with Gasteiger partial charge in [0.15, 0.2) is 0 Å². The molecule has 0 atom stereocenters. The third-order valence-corrected chi connectivity index (χ3v) is 4.33. The molecule has 1 aliphatic heterocycles. The summed E-state index contributed by atoms with van der Waals surface area (Å²) in [6.07, 6.45) is 0.315. The van der Waals surface area contributed by atoms with Crippen LogP contribution in [-0.2, 0) is 16.0 Å². The van der Waals surface area contributed by atoms with Gasteiger partial charge in [0.1, 0.15) is 5.75 Å². The normalized spacial score (nSPS) is 14.9. The fraction of sp³-hybridized carbons (Fsp3) is 0.500. The van der Waals surface area contributed by atoms with Crippen molar-refractivity contribution in [3.63, 3.8) is 0 Å². The number of carbonyl (C=O) groups is 2. The zero-order chi connectivity index (χ0) is 16.3. The molecule has 0 aliphatic carbocycles. The number of nitrogens with zero attached hydrogens (tertiary/aromatic N) is 2. The van der Waals surface area contributed by atoms with Crippen LogP contribution in [0.1, 0.15) is 18.1 Å². The highest BCUT2D eigenvalue weighted by Gasteiger charge is 2.23. The number of benzene rings is 1. The van der Waals surface area contributed by atoms with Crippen molar-refractivity contribution in [3.8, 4) is 5.75 Å². The lowest BCUT2D eigenvalue weighted by Gasteiger charge is -2.34. The van der Waals surface area contributed by atoms with Crippen molar-refractivity contribution in [1.82, 2.24) is 9.80 Å². The molecule has 0 unspecified atom stereocenters. The first-order chi connectivity index (χ1) is 10.4. The van der Waals surface area contributed by atoms with Crippen molar-refractivity contribution in [2.24, 2.45) is 0 Å². The molecule has 2 amide bonds. The Labute approximate surface area is 135 Å². The van der Waals surface area contributed by atoms with Crippen molar-refractivity contribution in [3.05, 3.63) is 28.3 Å². The molecule has 1 fully saturated rings. The maximum Gasteiger partial charge on any atom is 0.227 e. The summed E-state index contributed by atoms with van der Waals surface area (Å²) in [4.78, 5) is 27.3. The van der Waals surface area contributed by atoms with E-state index in [1.807, 2.05) is 13.0 Å². The van der Waals surface area contributed by atoms with E-state index in [-0.39, 0.29) is 11.8 Å². The Morgan fingerprint density at radius 1 is 1.18 bits per heavy atom. The quantitative estimate of drug-likeness (QED) is 0.853. The van der Waals surface area contributed by atoms with Crippen LogP contribution >= 0.6 is 11.6 Å². The van der Waals surface area contributed by atoms with Gasteiger partial charge in [-0.25, -0.2) is 0 Å². The summed E-state index contributed by atoms with van der Waals surface area (Å²) in [5, 5.41) is 0.511. The third-order valence-electron chi connectivity index (χ3n) is 4.03. The molecule has 1 aromatic carbocycles.